The van der Waals surface area contributed by atoms with E-state index in [1.54, 1.807) is 12.2 Å². The van der Waals surface area contributed by atoms with Gasteiger partial charge in [-0.2, -0.15) is 8.78 Å². The molecule has 104 valence electrons. The Kier molecular flexibility index (Phi) is 5.92. The second-order valence-corrected chi connectivity index (χ2v) is 3.73. The number of nitrogens with one attached hydrogen (secondary N) is 1. The van der Waals surface area contributed by atoms with E-state index in [0.717, 1.165) is 12.1 Å². The minimum atomic E-state index is -3.01. The fourth-order valence-electron chi connectivity index (χ4n) is 1.39. The number of hydrogen-bond donors (Lipinski definition) is 1. The van der Waals surface area contributed by atoms with Gasteiger partial charge in [0.05, 0.1) is 0 Å². The number of alkyl halides is 2. The molecule has 3 nitrogen and oxygen atoms in total. The van der Waals surface area contributed by atoms with Crippen LogP contribution in [0.5, 0.6) is 5.75 Å². The SMILES string of the molecule is CC(=O)NCCC=Cc1ccc(F)cc1OC(F)F. The van der Waals surface area contributed by atoms with Gasteiger partial charge < -0.3 is 10.1 Å². The van der Waals surface area contributed by atoms with Gasteiger partial charge in [0.1, 0.15) is 11.6 Å². The highest BCUT2D eigenvalue weighted by molar-refractivity contribution is 5.72. The Labute approximate surface area is 109 Å². The predicted molar refractivity (Wildman–Crippen MR) is 65.4 cm³/mol. The van der Waals surface area contributed by atoms with E-state index in [2.05, 4.69) is 10.1 Å². The monoisotopic (exact) mass is 273 g/mol. The molecule has 1 aromatic rings. The van der Waals surface area contributed by atoms with E-state index in [0.29, 0.717) is 18.5 Å². The molecule has 0 aromatic heterocycles. The Morgan fingerprint density at radius 3 is 2.84 bits per heavy atom. The molecule has 19 heavy (non-hydrogen) atoms. The first-order chi connectivity index (χ1) is 8.99. The van der Waals surface area contributed by atoms with Crippen molar-refractivity contribution in [3.05, 3.63) is 35.7 Å². The summed E-state index contributed by atoms with van der Waals surface area (Å²) >= 11 is 0. The maximum absolute atomic E-state index is 12.9. The zero-order valence-electron chi connectivity index (χ0n) is 10.3. The molecule has 1 amide bonds. The third kappa shape index (κ3) is 5.94. The number of hydrogen-bond acceptors (Lipinski definition) is 2. The largest absolute Gasteiger partial charge is 0.434 e. The zero-order chi connectivity index (χ0) is 14.3. The molecule has 0 unspecified atom stereocenters. The fourth-order valence-corrected chi connectivity index (χ4v) is 1.39. The van der Waals surface area contributed by atoms with Crippen LogP contribution in [-0.4, -0.2) is 19.1 Å². The van der Waals surface area contributed by atoms with Crippen LogP contribution in [0.2, 0.25) is 0 Å². The molecular formula is C13H14F3NO2. The molecule has 0 heterocycles. The van der Waals surface area contributed by atoms with Crippen molar-refractivity contribution in [2.75, 3.05) is 6.54 Å². The first kappa shape index (κ1) is 15.1. The summed E-state index contributed by atoms with van der Waals surface area (Å²) in [7, 11) is 0. The van der Waals surface area contributed by atoms with E-state index in [4.69, 9.17) is 0 Å². The number of rotatable bonds is 6. The minimum Gasteiger partial charge on any atom is -0.434 e. The zero-order valence-corrected chi connectivity index (χ0v) is 10.3. The standard InChI is InChI=1S/C13H14F3NO2/c1-9(18)17-7-3-2-4-10-5-6-11(14)8-12(10)19-13(15)16/h2,4-6,8,13H,3,7H2,1H3,(H,17,18). The lowest BCUT2D eigenvalue weighted by atomic mass is 10.1. The molecule has 1 N–H and O–H groups in total. The van der Waals surface area contributed by atoms with E-state index >= 15 is 0 Å². The number of amides is 1. The van der Waals surface area contributed by atoms with Crippen LogP contribution in [0.15, 0.2) is 24.3 Å². The Morgan fingerprint density at radius 2 is 2.21 bits per heavy atom. The summed E-state index contributed by atoms with van der Waals surface area (Å²) < 4.78 is 41.5. The molecule has 0 fully saturated rings. The normalized spacial score (nSPS) is 11.0. The van der Waals surface area contributed by atoms with Crippen LogP contribution in [0.4, 0.5) is 13.2 Å². The van der Waals surface area contributed by atoms with E-state index in [9.17, 15) is 18.0 Å². The lowest BCUT2D eigenvalue weighted by Gasteiger charge is -2.07. The Balaban J connectivity index is 2.65. The summed E-state index contributed by atoms with van der Waals surface area (Å²) in [5.41, 5.74) is 0.351. The molecule has 6 heteroatoms. The third-order valence-electron chi connectivity index (χ3n) is 2.17. The molecule has 0 atom stereocenters. The van der Waals surface area contributed by atoms with Gasteiger partial charge in [0.25, 0.3) is 0 Å². The molecule has 0 bridgehead atoms. The van der Waals surface area contributed by atoms with Gasteiger partial charge in [-0.05, 0) is 18.6 Å². The van der Waals surface area contributed by atoms with Gasteiger partial charge in [-0.15, -0.1) is 0 Å². The Bertz CT molecular complexity index is 461. The summed E-state index contributed by atoms with van der Waals surface area (Å²) in [6, 6.07) is 3.41. The van der Waals surface area contributed by atoms with Crippen molar-refractivity contribution in [3.63, 3.8) is 0 Å². The highest BCUT2D eigenvalue weighted by Gasteiger charge is 2.09. The number of carbonyl (C=O) groups excluding carboxylic acids is 1. The van der Waals surface area contributed by atoms with Crippen LogP contribution in [0.3, 0.4) is 0 Å². The van der Waals surface area contributed by atoms with E-state index in [-0.39, 0.29) is 11.7 Å². The van der Waals surface area contributed by atoms with Crippen LogP contribution in [0, 0.1) is 5.82 Å². The molecular weight excluding hydrogens is 259 g/mol. The molecule has 0 saturated heterocycles. The van der Waals surface area contributed by atoms with Gasteiger partial charge in [-0.3, -0.25) is 4.79 Å². The van der Waals surface area contributed by atoms with Crippen LogP contribution < -0.4 is 10.1 Å². The molecule has 0 aliphatic carbocycles. The number of halogens is 3. The summed E-state index contributed by atoms with van der Waals surface area (Å²) in [5, 5.41) is 2.59. The van der Waals surface area contributed by atoms with Crippen LogP contribution in [-0.2, 0) is 4.79 Å². The van der Waals surface area contributed by atoms with Gasteiger partial charge in [-0.1, -0.05) is 12.2 Å². The van der Waals surface area contributed by atoms with E-state index < -0.39 is 12.4 Å². The van der Waals surface area contributed by atoms with Gasteiger partial charge in [0.15, 0.2) is 0 Å². The maximum atomic E-state index is 12.9. The molecule has 0 aliphatic rings. The number of carbonyl (C=O) groups is 1. The molecule has 1 aromatic carbocycles. The summed E-state index contributed by atoms with van der Waals surface area (Å²) in [6.45, 7) is -1.16. The molecule has 0 radical (unpaired) electrons. The number of benzene rings is 1. The lowest BCUT2D eigenvalue weighted by Crippen LogP contribution is -2.20. The second-order valence-electron chi connectivity index (χ2n) is 3.73. The van der Waals surface area contributed by atoms with Crippen molar-refractivity contribution in [2.45, 2.75) is 20.0 Å². The maximum Gasteiger partial charge on any atom is 0.387 e. The van der Waals surface area contributed by atoms with Crippen LogP contribution in [0.25, 0.3) is 6.08 Å². The van der Waals surface area contributed by atoms with Crippen molar-refractivity contribution < 1.29 is 22.7 Å². The van der Waals surface area contributed by atoms with Crippen LogP contribution in [0.1, 0.15) is 18.9 Å². The number of ether oxygens (including phenoxy) is 1. The molecule has 0 saturated carbocycles. The average molecular weight is 273 g/mol. The van der Waals surface area contributed by atoms with E-state index in [1.807, 2.05) is 0 Å². The van der Waals surface area contributed by atoms with Crippen molar-refractivity contribution in [1.29, 1.82) is 0 Å². The smallest absolute Gasteiger partial charge is 0.387 e. The summed E-state index contributed by atoms with van der Waals surface area (Å²) in [5.74, 6) is -1.01. The minimum absolute atomic E-state index is 0.142. The third-order valence-corrected chi connectivity index (χ3v) is 2.17. The van der Waals surface area contributed by atoms with Crippen LogP contribution >= 0.6 is 0 Å². The summed E-state index contributed by atoms with van der Waals surface area (Å²) in [4.78, 5) is 10.6. The van der Waals surface area contributed by atoms with Crippen molar-refractivity contribution in [1.82, 2.24) is 5.32 Å². The lowest BCUT2D eigenvalue weighted by molar-refractivity contribution is -0.118. The van der Waals surface area contributed by atoms with Gasteiger partial charge in [0.2, 0.25) is 5.91 Å². The molecule has 0 spiro atoms. The van der Waals surface area contributed by atoms with Gasteiger partial charge >= 0.3 is 6.61 Å². The Morgan fingerprint density at radius 1 is 1.47 bits per heavy atom. The van der Waals surface area contributed by atoms with E-state index in [1.165, 1.54) is 13.0 Å². The fraction of sp³-hybridized carbons (Fsp3) is 0.308. The first-order valence-corrected chi connectivity index (χ1v) is 5.64. The highest BCUT2D eigenvalue weighted by Crippen LogP contribution is 2.23. The van der Waals surface area contributed by atoms with Crippen molar-refractivity contribution in [2.24, 2.45) is 0 Å². The van der Waals surface area contributed by atoms with Gasteiger partial charge in [-0.25, -0.2) is 4.39 Å². The first-order valence-electron chi connectivity index (χ1n) is 5.64. The topological polar surface area (TPSA) is 38.3 Å². The highest BCUT2D eigenvalue weighted by atomic mass is 19.3. The molecule has 0 aliphatic heterocycles. The molecule has 1 rings (SSSR count). The van der Waals surface area contributed by atoms with Crippen molar-refractivity contribution >= 4 is 12.0 Å². The van der Waals surface area contributed by atoms with Crippen molar-refractivity contribution in [3.8, 4) is 5.75 Å². The summed E-state index contributed by atoms with van der Waals surface area (Å²) in [6.07, 6.45) is 3.76. The second kappa shape index (κ2) is 7.45. The quantitative estimate of drug-likeness (QED) is 0.809. The predicted octanol–water partition coefficient (Wildman–Crippen LogP) is 2.97. The Hall–Kier alpha value is -1.98. The average Bonchev–Trinajstić information content (AvgIpc) is 2.30. The van der Waals surface area contributed by atoms with Gasteiger partial charge in [0, 0.05) is 25.1 Å².